The molecule has 1 heterocycles. The van der Waals surface area contributed by atoms with E-state index in [1.807, 2.05) is 0 Å². The number of ether oxygens (including phenoxy) is 2. The lowest BCUT2D eigenvalue weighted by Crippen LogP contribution is -2.59. The molecular formula is C32H42N6O7. The van der Waals surface area contributed by atoms with Crippen LogP contribution in [-0.2, 0) is 36.8 Å². The van der Waals surface area contributed by atoms with E-state index in [9.17, 15) is 24.3 Å². The summed E-state index contributed by atoms with van der Waals surface area (Å²) >= 11 is 0. The van der Waals surface area contributed by atoms with Crippen LogP contribution in [0.15, 0.2) is 67.1 Å². The second kappa shape index (κ2) is 16.9. The summed E-state index contributed by atoms with van der Waals surface area (Å²) in [5.74, 6) is -3.22. The Hall–Kier alpha value is -4.75. The van der Waals surface area contributed by atoms with Gasteiger partial charge < -0.3 is 36.3 Å². The van der Waals surface area contributed by atoms with Crippen molar-refractivity contribution >= 4 is 29.4 Å². The monoisotopic (exact) mass is 622 g/mol. The molecule has 1 aromatic heterocycles. The molecule has 13 nitrogen and oxygen atoms in total. The number of aromatic amines is 1. The Kier molecular flexibility index (Phi) is 13.1. The number of hydrogen-bond acceptors (Lipinski definition) is 10. The number of carbonyl (C=O) groups excluding carboxylic acids is 4. The zero-order valence-electron chi connectivity index (χ0n) is 25.7. The number of esters is 1. The number of H-pyrrole nitrogens is 1. The van der Waals surface area contributed by atoms with E-state index in [4.69, 9.17) is 20.9 Å². The average Bonchev–Trinajstić information content (AvgIpc) is 3.56. The number of imidazole rings is 1. The number of nitrogens with one attached hydrogen (secondary N) is 2. The minimum Gasteiger partial charge on any atom is -0.484 e. The number of aliphatic hydroxyl groups excluding tert-OH is 1. The average molecular weight is 623 g/mol. The van der Waals surface area contributed by atoms with Gasteiger partial charge in [0.2, 0.25) is 5.91 Å². The van der Waals surface area contributed by atoms with Gasteiger partial charge in [0.15, 0.2) is 6.61 Å². The van der Waals surface area contributed by atoms with Crippen molar-refractivity contribution in [3.8, 4) is 5.75 Å². The molecule has 13 heteroatoms. The van der Waals surface area contributed by atoms with Gasteiger partial charge in [-0.15, -0.1) is 0 Å². The van der Waals surface area contributed by atoms with Crippen LogP contribution in [-0.4, -0.2) is 81.6 Å². The number of rotatable bonds is 16. The largest absolute Gasteiger partial charge is 0.484 e. The smallest absolute Gasteiger partial charge is 0.329 e. The van der Waals surface area contributed by atoms with Crippen LogP contribution in [0.2, 0.25) is 0 Å². The highest BCUT2D eigenvalue weighted by molar-refractivity contribution is 6.03. The molecule has 242 valence electrons. The minimum atomic E-state index is -1.36. The number of anilines is 1. The highest BCUT2D eigenvalue weighted by Crippen LogP contribution is 2.21. The number of benzene rings is 2. The van der Waals surface area contributed by atoms with Crippen LogP contribution >= 0.6 is 0 Å². The van der Waals surface area contributed by atoms with E-state index < -0.39 is 66.9 Å². The number of amides is 3. The van der Waals surface area contributed by atoms with Gasteiger partial charge >= 0.3 is 5.97 Å². The van der Waals surface area contributed by atoms with Crippen molar-refractivity contribution in [2.45, 2.75) is 63.8 Å². The highest BCUT2D eigenvalue weighted by Gasteiger charge is 2.42. The van der Waals surface area contributed by atoms with E-state index in [0.717, 1.165) is 17.6 Å². The first kappa shape index (κ1) is 34.7. The van der Waals surface area contributed by atoms with Gasteiger partial charge in [0.1, 0.15) is 17.8 Å². The molecule has 0 radical (unpaired) electrons. The van der Waals surface area contributed by atoms with E-state index in [1.165, 1.54) is 12.5 Å². The van der Waals surface area contributed by atoms with Crippen LogP contribution in [0.3, 0.4) is 0 Å². The molecule has 0 fully saturated rings. The van der Waals surface area contributed by atoms with Crippen molar-refractivity contribution in [2.24, 2.45) is 11.7 Å². The fourth-order valence-corrected chi connectivity index (χ4v) is 4.73. The predicted molar refractivity (Wildman–Crippen MR) is 166 cm³/mol. The Labute approximate surface area is 262 Å². The van der Waals surface area contributed by atoms with Crippen molar-refractivity contribution in [3.05, 3.63) is 78.4 Å². The Balaban J connectivity index is 1.89. The topological polar surface area (TPSA) is 203 Å². The summed E-state index contributed by atoms with van der Waals surface area (Å²) in [4.78, 5) is 61.9. The Morgan fingerprint density at radius 2 is 1.76 bits per heavy atom. The molecule has 0 saturated heterocycles. The standard InChI is InChI=1S/C32H42N6O7/c1-4-20(2)30(32(43)44-3)38(29(41)16-27(39)25(34)14-21-10-12-22(33)13-11-21)31(42)26(15-23-17-35-19-36-23)37-28(40)18-45-24-8-6-5-7-9-24/h5-13,17,19-20,25-27,30,39H,4,14-16,18,33-34H2,1-3H3,(H,35,36)(H,37,40)/t20-,25-,26-,27?,30-/m0/s1. The lowest BCUT2D eigenvalue weighted by atomic mass is 9.94. The molecule has 7 N–H and O–H groups in total. The maximum atomic E-state index is 14.3. The number of hydrogen-bond donors (Lipinski definition) is 5. The molecule has 3 amide bonds. The van der Waals surface area contributed by atoms with Gasteiger partial charge in [-0.25, -0.2) is 9.78 Å². The van der Waals surface area contributed by atoms with Crippen LogP contribution in [0.5, 0.6) is 5.75 Å². The quantitative estimate of drug-likeness (QED) is 0.115. The van der Waals surface area contributed by atoms with Crippen LogP contribution in [0, 0.1) is 5.92 Å². The predicted octanol–water partition coefficient (Wildman–Crippen LogP) is 1.36. The third kappa shape index (κ3) is 10.2. The van der Waals surface area contributed by atoms with E-state index >= 15 is 0 Å². The van der Waals surface area contributed by atoms with Gasteiger partial charge in [0.05, 0.1) is 26.0 Å². The normalized spacial score (nSPS) is 14.3. The summed E-state index contributed by atoms with van der Waals surface area (Å²) in [5, 5.41) is 13.6. The van der Waals surface area contributed by atoms with Crippen LogP contribution in [0.4, 0.5) is 5.69 Å². The summed E-state index contributed by atoms with van der Waals surface area (Å²) in [6, 6.07) is 12.1. The molecule has 3 aromatic rings. The first-order valence-corrected chi connectivity index (χ1v) is 14.7. The summed E-state index contributed by atoms with van der Waals surface area (Å²) in [5.41, 5.74) is 13.9. The Morgan fingerprint density at radius 1 is 1.07 bits per heavy atom. The highest BCUT2D eigenvalue weighted by atomic mass is 16.5. The fraction of sp³-hybridized carbons (Fsp3) is 0.406. The third-order valence-electron chi connectivity index (χ3n) is 7.46. The summed E-state index contributed by atoms with van der Waals surface area (Å²) in [7, 11) is 1.16. The second-order valence-corrected chi connectivity index (χ2v) is 10.8. The first-order chi connectivity index (χ1) is 21.5. The molecular weight excluding hydrogens is 580 g/mol. The molecule has 0 aliphatic rings. The van der Waals surface area contributed by atoms with Crippen LogP contribution < -0.4 is 21.5 Å². The zero-order chi connectivity index (χ0) is 32.9. The molecule has 45 heavy (non-hydrogen) atoms. The summed E-state index contributed by atoms with van der Waals surface area (Å²) in [6.07, 6.45) is 1.54. The van der Waals surface area contributed by atoms with Gasteiger partial charge in [0.25, 0.3) is 11.8 Å². The van der Waals surface area contributed by atoms with Gasteiger partial charge in [-0.2, -0.15) is 0 Å². The molecule has 3 rings (SSSR count). The van der Waals surface area contributed by atoms with E-state index in [1.54, 1.807) is 68.4 Å². The number of methoxy groups -OCH3 is 1. The molecule has 2 aromatic carbocycles. The molecule has 5 atom stereocenters. The lowest BCUT2D eigenvalue weighted by Gasteiger charge is -2.35. The van der Waals surface area contributed by atoms with Crippen molar-refractivity contribution < 1.29 is 33.8 Å². The number of nitrogen functional groups attached to an aromatic ring is 1. The molecule has 1 unspecified atom stereocenters. The van der Waals surface area contributed by atoms with Gasteiger partial charge in [-0.1, -0.05) is 50.6 Å². The molecule has 0 bridgehead atoms. The Morgan fingerprint density at radius 3 is 2.36 bits per heavy atom. The Bertz CT molecular complexity index is 1380. The number of imide groups is 1. The van der Waals surface area contributed by atoms with Crippen molar-refractivity contribution in [1.82, 2.24) is 20.2 Å². The van der Waals surface area contributed by atoms with E-state index in [0.29, 0.717) is 23.6 Å². The zero-order valence-corrected chi connectivity index (χ0v) is 25.7. The van der Waals surface area contributed by atoms with Crippen LogP contribution in [0.25, 0.3) is 0 Å². The SMILES string of the molecule is CC[C@H](C)[C@@H](C(=O)OC)N(C(=O)CC(O)[C@@H](N)Cc1ccc(N)cc1)C(=O)[C@H](Cc1cnc[nH]1)NC(=O)COc1ccccc1. The summed E-state index contributed by atoms with van der Waals surface area (Å²) in [6.45, 7) is 3.10. The number of para-hydroxylation sites is 1. The van der Waals surface area contributed by atoms with Crippen LogP contribution in [0.1, 0.15) is 37.9 Å². The maximum absolute atomic E-state index is 14.3. The van der Waals surface area contributed by atoms with Gasteiger partial charge in [-0.3, -0.25) is 19.3 Å². The van der Waals surface area contributed by atoms with Crippen molar-refractivity contribution in [2.75, 3.05) is 19.5 Å². The molecule has 0 saturated carbocycles. The fourth-order valence-electron chi connectivity index (χ4n) is 4.73. The number of carbonyl (C=O) groups is 4. The van der Waals surface area contributed by atoms with Gasteiger partial charge in [-0.05, 0) is 42.2 Å². The van der Waals surface area contributed by atoms with Crippen molar-refractivity contribution in [1.29, 1.82) is 0 Å². The van der Waals surface area contributed by atoms with E-state index in [2.05, 4.69) is 15.3 Å². The number of aliphatic hydroxyl groups is 1. The second-order valence-electron chi connectivity index (χ2n) is 10.8. The number of nitrogens with two attached hydrogens (primary N) is 2. The van der Waals surface area contributed by atoms with Crippen molar-refractivity contribution in [3.63, 3.8) is 0 Å². The molecule has 0 aliphatic heterocycles. The lowest BCUT2D eigenvalue weighted by molar-refractivity contribution is -0.164. The van der Waals surface area contributed by atoms with Gasteiger partial charge in [0, 0.05) is 30.0 Å². The first-order valence-electron chi connectivity index (χ1n) is 14.7. The molecule has 0 spiro atoms. The maximum Gasteiger partial charge on any atom is 0.329 e. The number of aromatic nitrogens is 2. The minimum absolute atomic E-state index is 0.0761. The third-order valence-corrected chi connectivity index (χ3v) is 7.46. The molecule has 0 aliphatic carbocycles. The number of nitrogens with zero attached hydrogens (tertiary/aromatic N) is 2. The summed E-state index contributed by atoms with van der Waals surface area (Å²) < 4.78 is 10.5. The van der Waals surface area contributed by atoms with E-state index in [-0.39, 0.29) is 12.8 Å².